The average molecular weight is 435 g/mol. The zero-order valence-corrected chi connectivity index (χ0v) is 16.7. The minimum Gasteiger partial charge on any atom is -0.365 e. The molecule has 1 aliphatic heterocycles. The van der Waals surface area contributed by atoms with Crippen LogP contribution >= 0.6 is 0 Å². The largest absolute Gasteiger partial charge is 0.416 e. The van der Waals surface area contributed by atoms with Gasteiger partial charge < -0.3 is 14.2 Å². The van der Waals surface area contributed by atoms with E-state index >= 15 is 0 Å². The van der Waals surface area contributed by atoms with Crippen LogP contribution in [-0.4, -0.2) is 50.4 Å². The van der Waals surface area contributed by atoms with Crippen LogP contribution in [0.2, 0.25) is 0 Å². The first-order valence-electron chi connectivity index (χ1n) is 9.75. The average Bonchev–Trinajstić information content (AvgIpc) is 3.43. The Kier molecular flexibility index (Phi) is 5.77. The number of hydrogen-bond donors (Lipinski definition) is 0. The van der Waals surface area contributed by atoms with Crippen molar-refractivity contribution < 1.29 is 27.2 Å². The van der Waals surface area contributed by atoms with Crippen molar-refractivity contribution in [3.63, 3.8) is 0 Å². The third kappa shape index (κ3) is 4.76. The smallest absolute Gasteiger partial charge is 0.365 e. The molecule has 3 heterocycles. The van der Waals surface area contributed by atoms with Crippen molar-refractivity contribution in [2.45, 2.75) is 32.2 Å². The number of carbonyl (C=O) groups is 1. The van der Waals surface area contributed by atoms with Crippen LogP contribution in [0.25, 0.3) is 0 Å². The summed E-state index contributed by atoms with van der Waals surface area (Å²) < 4.78 is 51.3. The number of halogens is 3. The molecule has 0 radical (unpaired) electrons. The van der Waals surface area contributed by atoms with E-state index in [0.29, 0.717) is 30.8 Å². The molecule has 1 amide bonds. The third-order valence-corrected chi connectivity index (χ3v) is 4.93. The molecule has 1 unspecified atom stereocenters. The highest BCUT2D eigenvalue weighted by atomic mass is 19.4. The number of hydrogen-bond acceptors (Lipinski definition) is 6. The summed E-state index contributed by atoms with van der Waals surface area (Å²) in [6, 6.07) is 4.98. The van der Waals surface area contributed by atoms with E-state index in [-0.39, 0.29) is 30.6 Å². The Balaban J connectivity index is 1.43. The van der Waals surface area contributed by atoms with Crippen LogP contribution in [0.4, 0.5) is 13.2 Å². The lowest BCUT2D eigenvalue weighted by atomic mass is 10.1. The van der Waals surface area contributed by atoms with Gasteiger partial charge in [0.05, 0.1) is 30.5 Å². The second-order valence-corrected chi connectivity index (χ2v) is 7.12. The first-order valence-corrected chi connectivity index (χ1v) is 9.75. The Morgan fingerprint density at radius 3 is 2.90 bits per heavy atom. The number of ether oxygens (including phenoxy) is 1. The number of morpholine rings is 1. The van der Waals surface area contributed by atoms with E-state index in [1.807, 2.05) is 6.92 Å². The molecule has 0 bridgehead atoms. The van der Waals surface area contributed by atoms with Crippen molar-refractivity contribution in [3.8, 4) is 0 Å². The molecule has 0 N–H and O–H groups in total. The van der Waals surface area contributed by atoms with E-state index in [4.69, 9.17) is 9.26 Å². The zero-order valence-electron chi connectivity index (χ0n) is 16.7. The molecule has 11 heteroatoms. The van der Waals surface area contributed by atoms with Crippen LogP contribution in [0.5, 0.6) is 0 Å². The van der Waals surface area contributed by atoms with Gasteiger partial charge in [0.1, 0.15) is 0 Å². The van der Waals surface area contributed by atoms with Gasteiger partial charge in [-0.3, -0.25) is 9.48 Å². The van der Waals surface area contributed by atoms with Crippen molar-refractivity contribution >= 4 is 5.91 Å². The second kappa shape index (κ2) is 8.50. The number of alkyl halides is 3. The third-order valence-electron chi connectivity index (χ3n) is 4.93. The molecular formula is C20H20F3N5O3. The lowest BCUT2D eigenvalue weighted by molar-refractivity contribution is -0.137. The van der Waals surface area contributed by atoms with Crippen molar-refractivity contribution in [2.24, 2.45) is 0 Å². The summed E-state index contributed by atoms with van der Waals surface area (Å²) in [6.07, 6.45) is -1.73. The van der Waals surface area contributed by atoms with Gasteiger partial charge in [0, 0.05) is 25.7 Å². The highest BCUT2D eigenvalue weighted by molar-refractivity contribution is 5.93. The normalized spacial score (nSPS) is 17.2. The van der Waals surface area contributed by atoms with Gasteiger partial charge in [-0.2, -0.15) is 23.3 Å². The Morgan fingerprint density at radius 1 is 1.32 bits per heavy atom. The molecule has 0 spiro atoms. The highest BCUT2D eigenvalue weighted by Gasteiger charge is 2.32. The molecule has 31 heavy (non-hydrogen) atoms. The summed E-state index contributed by atoms with van der Waals surface area (Å²) in [5.41, 5.74) is 0.166. The minimum absolute atomic E-state index is 0.0823. The molecule has 8 nitrogen and oxygen atoms in total. The number of rotatable bonds is 5. The quantitative estimate of drug-likeness (QED) is 0.612. The van der Waals surface area contributed by atoms with Gasteiger partial charge in [-0.05, 0) is 18.6 Å². The molecule has 1 aromatic carbocycles. The summed E-state index contributed by atoms with van der Waals surface area (Å²) in [4.78, 5) is 18.6. The lowest BCUT2D eigenvalue weighted by Crippen LogP contribution is -2.42. The maximum atomic E-state index is 12.9. The summed E-state index contributed by atoms with van der Waals surface area (Å²) in [5, 5.41) is 7.98. The molecular weight excluding hydrogens is 415 g/mol. The van der Waals surface area contributed by atoms with Crippen molar-refractivity contribution in [1.82, 2.24) is 24.8 Å². The summed E-state index contributed by atoms with van der Waals surface area (Å²) in [7, 11) is 0. The molecule has 2 aromatic heterocycles. The van der Waals surface area contributed by atoms with Crippen LogP contribution in [0.3, 0.4) is 0 Å². The first kappa shape index (κ1) is 21.0. The molecule has 1 fully saturated rings. The predicted octanol–water partition coefficient (Wildman–Crippen LogP) is 3.11. The molecule has 164 valence electrons. The SMILES string of the molecule is CCn1cc(C(=O)N2CCOC(c3nc(Cc4cccc(C(F)(F)F)c4)no3)C2)cn1. The standard InChI is InChI=1S/C20H20F3N5O3/c1-2-28-11-14(10-24-28)19(29)27-6-7-30-16(12-27)18-25-17(26-31-18)9-13-4-3-5-15(8-13)20(21,22)23/h3-5,8,10-11,16H,2,6-7,9,12H2,1H3. The van der Waals surface area contributed by atoms with E-state index in [9.17, 15) is 18.0 Å². The van der Waals surface area contributed by atoms with Crippen molar-refractivity contribution in [3.05, 3.63) is 65.1 Å². The molecule has 0 saturated carbocycles. The number of amides is 1. The Hall–Kier alpha value is -3.21. The fraction of sp³-hybridized carbons (Fsp3) is 0.400. The topological polar surface area (TPSA) is 86.3 Å². The van der Waals surface area contributed by atoms with Crippen LogP contribution in [-0.2, 0) is 23.9 Å². The highest BCUT2D eigenvalue weighted by Crippen LogP contribution is 2.30. The van der Waals surface area contributed by atoms with E-state index in [1.165, 1.54) is 12.3 Å². The van der Waals surface area contributed by atoms with Crippen molar-refractivity contribution in [2.75, 3.05) is 19.7 Å². The Labute approximate surface area is 175 Å². The van der Waals surface area contributed by atoms with Crippen LogP contribution in [0, 0.1) is 0 Å². The van der Waals surface area contributed by atoms with E-state index in [0.717, 1.165) is 12.1 Å². The monoisotopic (exact) mass is 435 g/mol. The lowest BCUT2D eigenvalue weighted by Gasteiger charge is -2.30. The summed E-state index contributed by atoms with van der Waals surface area (Å²) >= 11 is 0. The number of carbonyl (C=O) groups excluding carboxylic acids is 1. The first-order chi connectivity index (χ1) is 14.8. The maximum Gasteiger partial charge on any atom is 0.416 e. The van der Waals surface area contributed by atoms with Gasteiger partial charge in [-0.1, -0.05) is 23.4 Å². The van der Waals surface area contributed by atoms with E-state index in [1.54, 1.807) is 21.8 Å². The molecule has 1 saturated heterocycles. The van der Waals surface area contributed by atoms with Crippen molar-refractivity contribution in [1.29, 1.82) is 0 Å². The van der Waals surface area contributed by atoms with Crippen LogP contribution in [0.1, 0.15) is 46.2 Å². The van der Waals surface area contributed by atoms with Gasteiger partial charge in [0.25, 0.3) is 11.8 Å². The fourth-order valence-corrected chi connectivity index (χ4v) is 3.32. The number of nitrogens with zero attached hydrogens (tertiary/aromatic N) is 5. The number of aryl methyl sites for hydroxylation is 1. The molecule has 0 aliphatic carbocycles. The van der Waals surface area contributed by atoms with E-state index in [2.05, 4.69) is 15.2 Å². The summed E-state index contributed by atoms with van der Waals surface area (Å²) in [6.45, 7) is 3.52. The van der Waals surface area contributed by atoms with Gasteiger partial charge in [-0.25, -0.2) is 0 Å². The second-order valence-electron chi connectivity index (χ2n) is 7.12. The van der Waals surface area contributed by atoms with Crippen LogP contribution < -0.4 is 0 Å². The van der Waals surface area contributed by atoms with Gasteiger partial charge in [0.2, 0.25) is 0 Å². The van der Waals surface area contributed by atoms with E-state index < -0.39 is 17.8 Å². The number of aromatic nitrogens is 4. The maximum absolute atomic E-state index is 12.9. The summed E-state index contributed by atoms with van der Waals surface area (Å²) in [5.74, 6) is 0.256. The van der Waals surface area contributed by atoms with Gasteiger partial charge in [-0.15, -0.1) is 0 Å². The van der Waals surface area contributed by atoms with Crippen LogP contribution in [0.15, 0.2) is 41.2 Å². The van der Waals surface area contributed by atoms with Gasteiger partial charge >= 0.3 is 6.18 Å². The predicted molar refractivity (Wildman–Crippen MR) is 101 cm³/mol. The Bertz CT molecular complexity index is 1060. The molecule has 3 aromatic rings. The fourth-order valence-electron chi connectivity index (χ4n) is 3.32. The molecule has 1 atom stereocenters. The number of benzene rings is 1. The Morgan fingerprint density at radius 2 is 2.16 bits per heavy atom. The van der Waals surface area contributed by atoms with Gasteiger partial charge in [0.15, 0.2) is 11.9 Å². The minimum atomic E-state index is -4.42. The zero-order chi connectivity index (χ0) is 22.0. The molecule has 4 rings (SSSR count). The molecule has 1 aliphatic rings.